The monoisotopic (exact) mass is 391 g/mol. The van der Waals surface area contributed by atoms with Crippen molar-refractivity contribution in [2.24, 2.45) is 0 Å². The summed E-state index contributed by atoms with van der Waals surface area (Å²) in [6, 6.07) is 18.9. The minimum atomic E-state index is -0.211. The molecule has 2 aromatic carbocycles. The van der Waals surface area contributed by atoms with E-state index in [0.717, 1.165) is 55.2 Å². The topological polar surface area (TPSA) is 44.3 Å². The zero-order valence-corrected chi connectivity index (χ0v) is 16.7. The Labute approximate surface area is 171 Å². The Hall–Kier alpha value is -2.99. The van der Waals surface area contributed by atoms with Gasteiger partial charge in [-0.15, -0.1) is 0 Å². The second-order valence-electron chi connectivity index (χ2n) is 7.39. The average molecular weight is 391 g/mol. The third kappa shape index (κ3) is 5.09. The molecule has 1 aromatic heterocycles. The number of hydrogen-bond acceptors (Lipinski definition) is 5. The summed E-state index contributed by atoms with van der Waals surface area (Å²) in [7, 11) is 2.15. The maximum absolute atomic E-state index is 13.1. The normalized spacial score (nSPS) is 14.8. The first-order valence-electron chi connectivity index (χ1n) is 10.0. The Morgan fingerprint density at radius 2 is 1.66 bits per heavy atom. The van der Waals surface area contributed by atoms with Crippen LogP contribution in [0.4, 0.5) is 16.2 Å². The molecule has 0 radical (unpaired) electrons. The second-order valence-corrected chi connectivity index (χ2v) is 7.39. The number of nitrogens with zero attached hydrogens (tertiary/aromatic N) is 4. The minimum Gasteiger partial charge on any atom is -0.354 e. The van der Waals surface area contributed by atoms with E-state index < -0.39 is 0 Å². The zero-order valence-electron chi connectivity index (χ0n) is 16.7. The number of anilines is 2. The highest BCUT2D eigenvalue weighted by Crippen LogP contribution is 2.24. The first-order chi connectivity index (χ1) is 14.2. The Kier molecular flexibility index (Phi) is 6.00. The summed E-state index contributed by atoms with van der Waals surface area (Å²) in [5, 5.41) is 3.35. The molecule has 1 aliphatic rings. The molecule has 0 atom stereocenters. The van der Waals surface area contributed by atoms with Crippen molar-refractivity contribution in [1.82, 2.24) is 14.9 Å². The lowest BCUT2D eigenvalue weighted by Crippen LogP contribution is -2.44. The van der Waals surface area contributed by atoms with Crippen LogP contribution in [0, 0.1) is 5.82 Å². The van der Waals surface area contributed by atoms with Gasteiger partial charge in [-0.25, -0.2) is 9.37 Å². The largest absolute Gasteiger partial charge is 0.354 e. The number of halogens is 1. The van der Waals surface area contributed by atoms with E-state index in [1.807, 2.05) is 30.3 Å². The number of rotatable bonds is 6. The van der Waals surface area contributed by atoms with Gasteiger partial charge >= 0.3 is 0 Å². The van der Waals surface area contributed by atoms with Crippen LogP contribution in [0.2, 0.25) is 0 Å². The van der Waals surface area contributed by atoms with Crippen LogP contribution >= 0.6 is 0 Å². The molecule has 29 heavy (non-hydrogen) atoms. The first kappa shape index (κ1) is 19.3. The van der Waals surface area contributed by atoms with Crippen LogP contribution in [0.15, 0.2) is 60.7 Å². The molecule has 1 fully saturated rings. The van der Waals surface area contributed by atoms with Gasteiger partial charge in [0.05, 0.1) is 5.69 Å². The van der Waals surface area contributed by atoms with Crippen LogP contribution in [0.1, 0.15) is 5.56 Å². The first-order valence-corrected chi connectivity index (χ1v) is 10.0. The van der Waals surface area contributed by atoms with E-state index in [2.05, 4.69) is 40.4 Å². The molecule has 0 aliphatic carbocycles. The molecule has 1 N–H and O–H groups in total. The van der Waals surface area contributed by atoms with E-state index in [0.29, 0.717) is 12.5 Å². The molecule has 0 saturated carbocycles. The van der Waals surface area contributed by atoms with E-state index in [1.165, 1.54) is 12.1 Å². The van der Waals surface area contributed by atoms with Crippen LogP contribution in [0.5, 0.6) is 0 Å². The molecular weight excluding hydrogens is 365 g/mol. The molecule has 0 bridgehead atoms. The van der Waals surface area contributed by atoms with Crippen molar-refractivity contribution in [1.29, 1.82) is 0 Å². The number of hydrogen-bond donors (Lipinski definition) is 1. The Bertz CT molecular complexity index is 922. The van der Waals surface area contributed by atoms with Crippen LogP contribution in [0.25, 0.3) is 11.3 Å². The Morgan fingerprint density at radius 3 is 2.38 bits per heavy atom. The zero-order chi connectivity index (χ0) is 20.1. The van der Waals surface area contributed by atoms with E-state index in [1.54, 1.807) is 0 Å². The lowest BCUT2D eigenvalue weighted by atomic mass is 10.1. The van der Waals surface area contributed by atoms with Crippen LogP contribution in [-0.2, 0) is 6.42 Å². The van der Waals surface area contributed by atoms with Crippen molar-refractivity contribution in [2.75, 3.05) is 50.0 Å². The molecule has 4 rings (SSSR count). The van der Waals surface area contributed by atoms with E-state index >= 15 is 0 Å². The van der Waals surface area contributed by atoms with E-state index in [9.17, 15) is 4.39 Å². The summed E-state index contributed by atoms with van der Waals surface area (Å²) >= 11 is 0. The molecule has 150 valence electrons. The molecule has 2 heterocycles. The van der Waals surface area contributed by atoms with E-state index in [-0.39, 0.29) is 5.82 Å². The summed E-state index contributed by atoms with van der Waals surface area (Å²) < 4.78 is 13.1. The number of nitrogens with one attached hydrogen (secondary N) is 1. The van der Waals surface area contributed by atoms with Gasteiger partial charge < -0.3 is 15.1 Å². The van der Waals surface area contributed by atoms with Gasteiger partial charge in [0, 0.05) is 44.4 Å². The van der Waals surface area contributed by atoms with Gasteiger partial charge in [0.25, 0.3) is 0 Å². The summed E-state index contributed by atoms with van der Waals surface area (Å²) in [5.41, 5.74) is 3.07. The third-order valence-electron chi connectivity index (χ3n) is 5.22. The number of benzene rings is 2. The predicted molar refractivity (Wildman–Crippen MR) is 116 cm³/mol. The smallest absolute Gasteiger partial charge is 0.225 e. The standard InChI is InChI=1S/C23H26FN5/c1-28-13-15-29(16-14-28)22-17-21(19-5-3-2-4-6-19)26-23(27-22)25-12-11-18-7-9-20(24)10-8-18/h2-10,17H,11-16H2,1H3,(H,25,26,27). The average Bonchev–Trinajstić information content (AvgIpc) is 2.76. The van der Waals surface area contributed by atoms with Gasteiger partial charge in [-0.1, -0.05) is 42.5 Å². The highest BCUT2D eigenvalue weighted by molar-refractivity contribution is 5.64. The van der Waals surface area contributed by atoms with Crippen molar-refractivity contribution in [2.45, 2.75) is 6.42 Å². The van der Waals surface area contributed by atoms with Crippen LogP contribution in [0.3, 0.4) is 0 Å². The molecule has 0 amide bonds. The van der Waals surface area contributed by atoms with Crippen LogP contribution in [-0.4, -0.2) is 54.6 Å². The highest BCUT2D eigenvalue weighted by Gasteiger charge is 2.17. The van der Waals surface area contributed by atoms with Gasteiger partial charge in [0.2, 0.25) is 5.95 Å². The highest BCUT2D eigenvalue weighted by atomic mass is 19.1. The summed E-state index contributed by atoms with van der Waals surface area (Å²) in [4.78, 5) is 14.2. The molecule has 5 nitrogen and oxygen atoms in total. The maximum atomic E-state index is 13.1. The second kappa shape index (κ2) is 9.01. The SMILES string of the molecule is CN1CCN(c2cc(-c3ccccc3)nc(NCCc3ccc(F)cc3)n2)CC1. The molecule has 0 spiro atoms. The van der Waals surface area contributed by atoms with Crippen molar-refractivity contribution in [3.05, 3.63) is 72.0 Å². The van der Waals surface area contributed by atoms with Crippen molar-refractivity contribution >= 4 is 11.8 Å². The fourth-order valence-electron chi connectivity index (χ4n) is 3.44. The maximum Gasteiger partial charge on any atom is 0.225 e. The summed E-state index contributed by atoms with van der Waals surface area (Å²) in [6.45, 7) is 4.65. The lowest BCUT2D eigenvalue weighted by Gasteiger charge is -2.33. The lowest BCUT2D eigenvalue weighted by molar-refractivity contribution is 0.312. The van der Waals surface area contributed by atoms with Gasteiger partial charge in [-0.2, -0.15) is 4.98 Å². The molecule has 6 heteroatoms. The minimum absolute atomic E-state index is 0.211. The van der Waals surface area contributed by atoms with E-state index in [4.69, 9.17) is 9.97 Å². The fraction of sp³-hybridized carbons (Fsp3) is 0.304. The quantitative estimate of drug-likeness (QED) is 0.694. The van der Waals surface area contributed by atoms with Crippen molar-refractivity contribution in [3.63, 3.8) is 0 Å². The predicted octanol–water partition coefficient (Wildman–Crippen LogP) is 3.69. The van der Waals surface area contributed by atoms with Gasteiger partial charge in [-0.3, -0.25) is 0 Å². The molecule has 3 aromatic rings. The van der Waals surface area contributed by atoms with Gasteiger partial charge in [0.1, 0.15) is 11.6 Å². The Morgan fingerprint density at radius 1 is 0.931 bits per heavy atom. The molecule has 1 saturated heterocycles. The van der Waals surface area contributed by atoms with Crippen LogP contribution < -0.4 is 10.2 Å². The molecular formula is C23H26FN5. The van der Waals surface area contributed by atoms with Gasteiger partial charge in [-0.05, 0) is 31.2 Å². The number of piperazine rings is 1. The molecule has 1 aliphatic heterocycles. The molecule has 0 unspecified atom stereocenters. The fourth-order valence-corrected chi connectivity index (χ4v) is 3.44. The third-order valence-corrected chi connectivity index (χ3v) is 5.22. The van der Waals surface area contributed by atoms with Gasteiger partial charge in [0.15, 0.2) is 0 Å². The van der Waals surface area contributed by atoms with Crippen molar-refractivity contribution < 1.29 is 4.39 Å². The summed E-state index contributed by atoms with van der Waals surface area (Å²) in [6.07, 6.45) is 0.781. The van der Waals surface area contributed by atoms with Crippen molar-refractivity contribution in [3.8, 4) is 11.3 Å². The Balaban J connectivity index is 1.53. The summed E-state index contributed by atoms with van der Waals surface area (Å²) in [5.74, 6) is 1.37. The number of aromatic nitrogens is 2. The number of likely N-dealkylation sites (N-methyl/N-ethyl adjacent to an activating group) is 1.